The number of aromatic nitrogens is 3. The average molecular weight is 340 g/mol. The molecule has 0 bridgehead atoms. The maximum atomic E-state index is 12.8. The van der Waals surface area contributed by atoms with Gasteiger partial charge in [-0.05, 0) is 12.8 Å². The summed E-state index contributed by atoms with van der Waals surface area (Å²) in [6.07, 6.45) is 6.46. The van der Waals surface area contributed by atoms with Gasteiger partial charge < -0.3 is 9.64 Å². The molecule has 0 radical (unpaired) electrons. The Morgan fingerprint density at radius 3 is 2.80 bits per heavy atom. The monoisotopic (exact) mass is 340 g/mol. The zero-order valence-corrected chi connectivity index (χ0v) is 14.4. The summed E-state index contributed by atoms with van der Waals surface area (Å²) in [5.41, 5.74) is 1.13. The van der Waals surface area contributed by atoms with E-state index < -0.39 is 0 Å². The van der Waals surface area contributed by atoms with Crippen molar-refractivity contribution in [2.75, 3.05) is 26.3 Å². The van der Waals surface area contributed by atoms with Crippen LogP contribution in [-0.2, 0) is 16.1 Å². The summed E-state index contributed by atoms with van der Waals surface area (Å²) < 4.78 is 7.43. The fourth-order valence-electron chi connectivity index (χ4n) is 3.96. The van der Waals surface area contributed by atoms with E-state index >= 15 is 0 Å². The molecule has 1 aromatic carbocycles. The van der Waals surface area contributed by atoms with Crippen LogP contribution in [0.1, 0.15) is 25.7 Å². The van der Waals surface area contributed by atoms with Crippen molar-refractivity contribution < 1.29 is 9.53 Å². The van der Waals surface area contributed by atoms with Crippen LogP contribution in [0.4, 0.5) is 0 Å². The van der Waals surface area contributed by atoms with Crippen LogP contribution in [-0.4, -0.2) is 51.9 Å². The van der Waals surface area contributed by atoms with Crippen molar-refractivity contribution in [2.24, 2.45) is 5.41 Å². The fourth-order valence-corrected chi connectivity index (χ4v) is 3.96. The van der Waals surface area contributed by atoms with Crippen LogP contribution in [0.5, 0.6) is 0 Å². The molecule has 4 rings (SSSR count). The van der Waals surface area contributed by atoms with Gasteiger partial charge in [-0.1, -0.05) is 43.2 Å². The second kappa shape index (κ2) is 6.96. The fraction of sp³-hybridized carbons (Fsp3) is 0.526. The van der Waals surface area contributed by atoms with E-state index in [-0.39, 0.29) is 17.9 Å². The van der Waals surface area contributed by atoms with Crippen molar-refractivity contribution in [1.82, 2.24) is 19.7 Å². The van der Waals surface area contributed by atoms with Crippen LogP contribution in [0.25, 0.3) is 11.4 Å². The molecular weight excluding hydrogens is 316 g/mol. The molecule has 1 aromatic heterocycles. The maximum absolute atomic E-state index is 12.8. The van der Waals surface area contributed by atoms with Gasteiger partial charge in [0.05, 0.1) is 13.2 Å². The van der Waals surface area contributed by atoms with E-state index in [9.17, 15) is 4.79 Å². The van der Waals surface area contributed by atoms with Crippen molar-refractivity contribution in [3.63, 3.8) is 0 Å². The summed E-state index contributed by atoms with van der Waals surface area (Å²) in [5.74, 6) is 0.751. The van der Waals surface area contributed by atoms with Crippen LogP contribution >= 0.6 is 0 Å². The van der Waals surface area contributed by atoms with Crippen LogP contribution in [0, 0.1) is 5.41 Å². The molecule has 2 aliphatic rings. The first-order valence-corrected chi connectivity index (χ1v) is 9.05. The van der Waals surface area contributed by atoms with Gasteiger partial charge in [0.25, 0.3) is 0 Å². The van der Waals surface area contributed by atoms with Crippen molar-refractivity contribution in [3.8, 4) is 11.4 Å². The molecule has 6 heteroatoms. The molecule has 2 fully saturated rings. The Morgan fingerprint density at radius 1 is 1.20 bits per heavy atom. The van der Waals surface area contributed by atoms with Gasteiger partial charge in [-0.2, -0.15) is 5.10 Å². The third-order valence-corrected chi connectivity index (χ3v) is 5.32. The minimum absolute atomic E-state index is 0.0984. The second-order valence-electron chi connectivity index (χ2n) is 7.21. The Balaban J connectivity index is 1.44. The normalized spacial score (nSPS) is 19.9. The zero-order chi connectivity index (χ0) is 17.1. The molecule has 6 nitrogen and oxygen atoms in total. The lowest BCUT2D eigenvalue weighted by atomic mass is 9.86. The largest absolute Gasteiger partial charge is 0.379 e. The molecule has 1 spiro atoms. The Bertz CT molecular complexity index is 722. The van der Waals surface area contributed by atoms with Gasteiger partial charge in [-0.25, -0.2) is 9.67 Å². The smallest absolute Gasteiger partial charge is 0.244 e. The lowest BCUT2D eigenvalue weighted by molar-refractivity contribution is -0.133. The summed E-state index contributed by atoms with van der Waals surface area (Å²) in [6, 6.07) is 9.82. The van der Waals surface area contributed by atoms with Gasteiger partial charge >= 0.3 is 0 Å². The van der Waals surface area contributed by atoms with E-state index in [2.05, 4.69) is 10.1 Å². The number of carbonyl (C=O) groups excluding carboxylic acids is 1. The van der Waals surface area contributed by atoms with Crippen molar-refractivity contribution >= 4 is 5.91 Å². The van der Waals surface area contributed by atoms with E-state index in [0.717, 1.165) is 31.6 Å². The molecule has 25 heavy (non-hydrogen) atoms. The molecule has 2 aromatic rings. The summed E-state index contributed by atoms with van der Waals surface area (Å²) in [5, 5.41) is 4.45. The third kappa shape index (κ3) is 3.58. The lowest BCUT2D eigenvalue weighted by Crippen LogP contribution is -2.42. The molecule has 0 unspecified atom stereocenters. The quantitative estimate of drug-likeness (QED) is 0.861. The molecule has 1 aliphatic heterocycles. The minimum atomic E-state index is 0.0984. The lowest BCUT2D eigenvalue weighted by Gasteiger charge is -2.31. The second-order valence-corrected chi connectivity index (χ2v) is 7.21. The SMILES string of the molecule is O=C(Cn1cnc(-c2ccccc2)n1)N1CCOCC2(CCCC2)C1. The average Bonchev–Trinajstić information content (AvgIpc) is 3.23. The first-order valence-electron chi connectivity index (χ1n) is 9.05. The van der Waals surface area contributed by atoms with E-state index in [0.29, 0.717) is 19.0 Å². The zero-order valence-electron chi connectivity index (χ0n) is 14.4. The summed E-state index contributed by atoms with van der Waals surface area (Å²) in [7, 11) is 0. The predicted octanol–water partition coefficient (Wildman–Crippen LogP) is 2.36. The number of ether oxygens (including phenoxy) is 1. The van der Waals surface area contributed by atoms with Gasteiger partial charge in [0.2, 0.25) is 5.91 Å². The Morgan fingerprint density at radius 2 is 2.00 bits per heavy atom. The highest BCUT2D eigenvalue weighted by molar-refractivity contribution is 5.76. The highest BCUT2D eigenvalue weighted by Crippen LogP contribution is 2.40. The molecule has 132 valence electrons. The molecule has 1 saturated carbocycles. The number of hydrogen-bond donors (Lipinski definition) is 0. The Labute approximate surface area is 147 Å². The molecule has 0 N–H and O–H groups in total. The van der Waals surface area contributed by atoms with E-state index in [4.69, 9.17) is 4.74 Å². The van der Waals surface area contributed by atoms with Gasteiger partial charge in [0.15, 0.2) is 5.82 Å². The number of nitrogens with zero attached hydrogens (tertiary/aromatic N) is 4. The summed E-state index contributed by atoms with van der Waals surface area (Å²) in [6.45, 7) is 3.13. The van der Waals surface area contributed by atoms with E-state index in [1.165, 1.54) is 12.8 Å². The van der Waals surface area contributed by atoms with Crippen molar-refractivity contribution in [1.29, 1.82) is 0 Å². The number of benzene rings is 1. The molecule has 1 aliphatic carbocycles. The van der Waals surface area contributed by atoms with Crippen LogP contribution in [0.2, 0.25) is 0 Å². The van der Waals surface area contributed by atoms with E-state index in [1.54, 1.807) is 11.0 Å². The van der Waals surface area contributed by atoms with Gasteiger partial charge in [-0.3, -0.25) is 4.79 Å². The number of amides is 1. The summed E-state index contributed by atoms with van der Waals surface area (Å²) in [4.78, 5) is 19.1. The van der Waals surface area contributed by atoms with Gasteiger partial charge in [0, 0.05) is 24.1 Å². The number of carbonyl (C=O) groups is 1. The minimum Gasteiger partial charge on any atom is -0.379 e. The van der Waals surface area contributed by atoms with Crippen LogP contribution < -0.4 is 0 Å². The maximum Gasteiger partial charge on any atom is 0.244 e. The summed E-state index contributed by atoms with van der Waals surface area (Å²) >= 11 is 0. The number of rotatable bonds is 3. The predicted molar refractivity (Wildman–Crippen MR) is 93.8 cm³/mol. The Hall–Kier alpha value is -2.21. The molecular formula is C19H24N4O2. The standard InChI is InChI=1S/C19H24N4O2/c24-17(22-10-11-25-14-19(13-22)8-4-5-9-19)12-23-15-20-18(21-23)16-6-2-1-3-7-16/h1-3,6-7,15H,4-5,8-14H2. The van der Waals surface area contributed by atoms with Gasteiger partial charge in [-0.15, -0.1) is 0 Å². The first kappa shape index (κ1) is 16.3. The highest BCUT2D eigenvalue weighted by atomic mass is 16.5. The molecule has 2 heterocycles. The van der Waals surface area contributed by atoms with Crippen LogP contribution in [0.3, 0.4) is 0 Å². The van der Waals surface area contributed by atoms with E-state index in [1.807, 2.05) is 35.2 Å². The molecule has 0 atom stereocenters. The van der Waals surface area contributed by atoms with Gasteiger partial charge in [0.1, 0.15) is 12.9 Å². The Kier molecular flexibility index (Phi) is 4.53. The molecule has 1 amide bonds. The third-order valence-electron chi connectivity index (χ3n) is 5.32. The highest BCUT2D eigenvalue weighted by Gasteiger charge is 2.38. The molecule has 1 saturated heterocycles. The van der Waals surface area contributed by atoms with Crippen molar-refractivity contribution in [2.45, 2.75) is 32.2 Å². The van der Waals surface area contributed by atoms with Crippen LogP contribution in [0.15, 0.2) is 36.7 Å². The first-order chi connectivity index (χ1) is 12.2. The van der Waals surface area contributed by atoms with Crippen molar-refractivity contribution in [3.05, 3.63) is 36.7 Å². The number of hydrogen-bond acceptors (Lipinski definition) is 4. The topological polar surface area (TPSA) is 60.2 Å².